The molecule has 1 saturated carbocycles. The molecule has 2 aromatic rings. The van der Waals surface area contributed by atoms with Gasteiger partial charge in [-0.25, -0.2) is 4.39 Å². The quantitative estimate of drug-likeness (QED) is 0.710. The molecule has 2 aromatic carbocycles. The average molecular weight is 395 g/mol. The largest absolute Gasteiger partial charge is 0.331 e. The minimum atomic E-state index is -0.251. The molecule has 0 aromatic heterocycles. The van der Waals surface area contributed by atoms with Crippen molar-refractivity contribution in [3.8, 4) is 0 Å². The molecular weight excluding hydrogens is 380 g/mol. The molecule has 1 fully saturated rings. The van der Waals surface area contributed by atoms with E-state index in [0.717, 1.165) is 16.4 Å². The predicted octanol–water partition coefficient (Wildman–Crippen LogP) is 4.24. The van der Waals surface area contributed by atoms with Gasteiger partial charge in [0.25, 0.3) is 5.91 Å². The summed E-state index contributed by atoms with van der Waals surface area (Å²) in [5, 5.41) is 0. The van der Waals surface area contributed by atoms with E-state index in [9.17, 15) is 9.18 Å². The molecule has 0 N–H and O–H groups in total. The number of carbonyl (C=O) groups is 1. The molecule has 0 saturated heterocycles. The zero-order chi connectivity index (χ0) is 14.8. The summed E-state index contributed by atoms with van der Waals surface area (Å²) in [4.78, 5) is 14.4. The van der Waals surface area contributed by atoms with Gasteiger partial charge in [-0.15, -0.1) is 0 Å². The lowest BCUT2D eigenvalue weighted by atomic mass is 10.1. The third-order valence-corrected chi connectivity index (χ3v) is 4.36. The molecule has 0 radical (unpaired) electrons. The van der Waals surface area contributed by atoms with Gasteiger partial charge in [0, 0.05) is 27.3 Å². The second kappa shape index (κ2) is 6.13. The molecular formula is C17H15FINO. The zero-order valence-corrected chi connectivity index (χ0v) is 13.6. The first-order chi connectivity index (χ1) is 10.1. The number of nitrogens with zero attached hydrogens (tertiary/aromatic N) is 1. The van der Waals surface area contributed by atoms with Gasteiger partial charge in [0.2, 0.25) is 0 Å². The van der Waals surface area contributed by atoms with Crippen molar-refractivity contribution in [2.24, 2.45) is 0 Å². The summed E-state index contributed by atoms with van der Waals surface area (Å²) in [7, 11) is 0. The predicted molar refractivity (Wildman–Crippen MR) is 88.5 cm³/mol. The van der Waals surface area contributed by atoms with Crippen LogP contribution in [0, 0.1) is 9.39 Å². The molecule has 108 valence electrons. The Morgan fingerprint density at radius 1 is 1.14 bits per heavy atom. The Kier molecular flexibility index (Phi) is 4.24. The van der Waals surface area contributed by atoms with Crippen molar-refractivity contribution in [1.82, 2.24) is 4.90 Å². The first-order valence-electron chi connectivity index (χ1n) is 6.95. The van der Waals surface area contributed by atoms with Crippen LogP contribution in [0.2, 0.25) is 0 Å². The standard InChI is InChI=1S/C17H15FINO/c18-16-4-2-1-3-13(16)11-20(15-9-10-15)17(21)12-5-7-14(19)8-6-12/h1-8,15H,9-11H2. The fraction of sp³-hybridized carbons (Fsp3) is 0.235. The summed E-state index contributed by atoms with van der Waals surface area (Å²) in [6, 6.07) is 14.4. The van der Waals surface area contributed by atoms with E-state index in [2.05, 4.69) is 22.6 Å². The van der Waals surface area contributed by atoms with Crippen molar-refractivity contribution in [3.05, 3.63) is 69.0 Å². The van der Waals surface area contributed by atoms with E-state index in [1.165, 1.54) is 6.07 Å². The third-order valence-electron chi connectivity index (χ3n) is 3.64. The van der Waals surface area contributed by atoms with Crippen LogP contribution in [0.4, 0.5) is 4.39 Å². The molecule has 0 bridgehead atoms. The number of hydrogen-bond acceptors (Lipinski definition) is 1. The van der Waals surface area contributed by atoms with E-state index in [1.54, 1.807) is 23.1 Å². The van der Waals surface area contributed by atoms with Gasteiger partial charge in [-0.2, -0.15) is 0 Å². The van der Waals surface area contributed by atoms with Crippen molar-refractivity contribution in [1.29, 1.82) is 0 Å². The Morgan fingerprint density at radius 3 is 2.43 bits per heavy atom. The maximum absolute atomic E-state index is 13.8. The highest BCUT2D eigenvalue weighted by molar-refractivity contribution is 14.1. The number of amides is 1. The van der Waals surface area contributed by atoms with Gasteiger partial charge in [0.05, 0.1) is 0 Å². The molecule has 1 amide bonds. The lowest BCUT2D eigenvalue weighted by molar-refractivity contribution is 0.0728. The van der Waals surface area contributed by atoms with Gasteiger partial charge in [0.15, 0.2) is 0 Å². The van der Waals surface area contributed by atoms with Crippen LogP contribution in [0.5, 0.6) is 0 Å². The normalized spacial score (nSPS) is 14.0. The lowest BCUT2D eigenvalue weighted by Crippen LogP contribution is -2.32. The Balaban J connectivity index is 1.83. The highest BCUT2D eigenvalue weighted by Gasteiger charge is 2.33. The summed E-state index contributed by atoms with van der Waals surface area (Å²) >= 11 is 2.21. The molecule has 0 unspecified atom stereocenters. The van der Waals surface area contributed by atoms with Crippen molar-refractivity contribution >= 4 is 28.5 Å². The molecule has 2 nitrogen and oxygen atoms in total. The van der Waals surface area contributed by atoms with Crippen LogP contribution in [0.3, 0.4) is 0 Å². The Hall–Kier alpha value is -1.43. The first kappa shape index (κ1) is 14.5. The second-order valence-corrected chi connectivity index (χ2v) is 6.51. The number of carbonyl (C=O) groups excluding carboxylic acids is 1. The average Bonchev–Trinajstić information content (AvgIpc) is 3.31. The van der Waals surface area contributed by atoms with Gasteiger partial charge in [0.1, 0.15) is 5.82 Å². The number of benzene rings is 2. The summed E-state index contributed by atoms with van der Waals surface area (Å²) in [6.45, 7) is 0.335. The maximum Gasteiger partial charge on any atom is 0.254 e. The maximum atomic E-state index is 13.8. The van der Waals surface area contributed by atoms with Gasteiger partial charge < -0.3 is 4.90 Å². The van der Waals surface area contributed by atoms with E-state index in [-0.39, 0.29) is 17.8 Å². The van der Waals surface area contributed by atoms with Crippen LogP contribution in [-0.4, -0.2) is 16.8 Å². The van der Waals surface area contributed by atoms with Gasteiger partial charge in [-0.3, -0.25) is 4.79 Å². The zero-order valence-electron chi connectivity index (χ0n) is 11.4. The molecule has 21 heavy (non-hydrogen) atoms. The molecule has 0 aliphatic heterocycles. The van der Waals surface area contributed by atoms with Crippen LogP contribution in [0.25, 0.3) is 0 Å². The number of rotatable bonds is 4. The van der Waals surface area contributed by atoms with Crippen molar-refractivity contribution < 1.29 is 9.18 Å². The summed E-state index contributed by atoms with van der Waals surface area (Å²) in [6.07, 6.45) is 2.01. The van der Waals surface area contributed by atoms with Crippen molar-refractivity contribution in [3.63, 3.8) is 0 Å². The van der Waals surface area contributed by atoms with Crippen molar-refractivity contribution in [2.75, 3.05) is 0 Å². The Morgan fingerprint density at radius 2 is 1.81 bits per heavy atom. The fourth-order valence-electron chi connectivity index (χ4n) is 2.32. The Labute approximate surface area is 137 Å². The van der Waals surface area contributed by atoms with Gasteiger partial charge in [-0.1, -0.05) is 18.2 Å². The summed E-state index contributed by atoms with van der Waals surface area (Å²) in [5.74, 6) is -0.268. The van der Waals surface area contributed by atoms with Gasteiger partial charge in [-0.05, 0) is 65.8 Å². The molecule has 3 rings (SSSR count). The molecule has 1 aliphatic carbocycles. The fourth-order valence-corrected chi connectivity index (χ4v) is 2.68. The lowest BCUT2D eigenvalue weighted by Gasteiger charge is -2.23. The second-order valence-electron chi connectivity index (χ2n) is 5.26. The van der Waals surface area contributed by atoms with Crippen molar-refractivity contribution in [2.45, 2.75) is 25.4 Å². The first-order valence-corrected chi connectivity index (χ1v) is 8.03. The topological polar surface area (TPSA) is 20.3 Å². The monoisotopic (exact) mass is 395 g/mol. The number of hydrogen-bond donors (Lipinski definition) is 0. The van der Waals surface area contributed by atoms with E-state index >= 15 is 0 Å². The SMILES string of the molecule is O=C(c1ccc(I)cc1)N(Cc1ccccc1F)C1CC1. The highest BCUT2D eigenvalue weighted by atomic mass is 127. The molecule has 4 heteroatoms. The van der Waals surface area contributed by atoms with Crippen LogP contribution in [-0.2, 0) is 6.54 Å². The van der Waals surface area contributed by atoms with E-state index in [1.807, 2.05) is 24.3 Å². The van der Waals surface area contributed by atoms with Crippen LogP contribution in [0.1, 0.15) is 28.8 Å². The smallest absolute Gasteiger partial charge is 0.254 e. The van der Waals surface area contributed by atoms with Crippen LogP contribution < -0.4 is 0 Å². The molecule has 0 atom stereocenters. The van der Waals surface area contributed by atoms with E-state index < -0.39 is 0 Å². The van der Waals surface area contributed by atoms with Crippen LogP contribution in [0.15, 0.2) is 48.5 Å². The highest BCUT2D eigenvalue weighted by Crippen LogP contribution is 2.30. The Bertz CT molecular complexity index is 652. The molecule has 0 heterocycles. The minimum Gasteiger partial charge on any atom is -0.331 e. The molecule has 1 aliphatic rings. The number of halogens is 2. The minimum absolute atomic E-state index is 0.0165. The van der Waals surface area contributed by atoms with Gasteiger partial charge >= 0.3 is 0 Å². The van der Waals surface area contributed by atoms with E-state index in [0.29, 0.717) is 17.7 Å². The summed E-state index contributed by atoms with van der Waals surface area (Å²) < 4.78 is 14.9. The third kappa shape index (κ3) is 3.43. The van der Waals surface area contributed by atoms with Crippen LogP contribution >= 0.6 is 22.6 Å². The summed E-state index contributed by atoms with van der Waals surface area (Å²) in [5.41, 5.74) is 1.24. The molecule has 0 spiro atoms. The van der Waals surface area contributed by atoms with E-state index in [4.69, 9.17) is 0 Å².